The van der Waals surface area contributed by atoms with Gasteiger partial charge in [-0.1, -0.05) is 35.0 Å². The van der Waals surface area contributed by atoms with Gasteiger partial charge < -0.3 is 10.2 Å². The molecule has 1 aliphatic rings. The van der Waals surface area contributed by atoms with E-state index in [-0.39, 0.29) is 0 Å². The first-order chi connectivity index (χ1) is 8.74. The summed E-state index contributed by atoms with van der Waals surface area (Å²) in [6.45, 7) is 4.64. The Morgan fingerprint density at radius 3 is 2.78 bits per heavy atom. The van der Waals surface area contributed by atoms with Crippen molar-refractivity contribution >= 4 is 15.9 Å². The molecule has 1 atom stereocenters. The van der Waals surface area contributed by atoms with E-state index in [2.05, 4.69) is 64.4 Å². The lowest BCUT2D eigenvalue weighted by Gasteiger charge is -2.24. The van der Waals surface area contributed by atoms with Gasteiger partial charge >= 0.3 is 0 Å². The molecule has 1 fully saturated rings. The normalized spacial score (nSPS) is 17.1. The van der Waals surface area contributed by atoms with Gasteiger partial charge in [0.2, 0.25) is 0 Å². The highest BCUT2D eigenvalue weighted by Crippen LogP contribution is 2.28. The van der Waals surface area contributed by atoms with Crippen LogP contribution in [0, 0.1) is 0 Å². The van der Waals surface area contributed by atoms with Crippen molar-refractivity contribution in [1.29, 1.82) is 0 Å². The van der Waals surface area contributed by atoms with Gasteiger partial charge in [-0.25, -0.2) is 0 Å². The maximum absolute atomic E-state index is 3.55. The summed E-state index contributed by atoms with van der Waals surface area (Å²) in [4.78, 5) is 2.61. The summed E-state index contributed by atoms with van der Waals surface area (Å²) in [5.41, 5.74) is 1.37. The molecule has 0 aromatic heterocycles. The second kappa shape index (κ2) is 6.69. The first-order valence-electron chi connectivity index (χ1n) is 6.91. The fraction of sp³-hybridized carbons (Fsp3) is 0.600. The summed E-state index contributed by atoms with van der Waals surface area (Å²) in [5.74, 6) is 0. The van der Waals surface area contributed by atoms with Crippen molar-refractivity contribution in [3.8, 4) is 0 Å². The zero-order valence-electron chi connectivity index (χ0n) is 11.3. The van der Waals surface area contributed by atoms with E-state index in [1.807, 2.05) is 0 Å². The molecule has 0 amide bonds. The standard InChI is InChI=1S/C15H23BrN2/c1-3-18(14-7-8-14)10-9-15(17-2)12-5-4-6-13(16)11-12/h4-6,11,14-15,17H,3,7-10H2,1-2H3. The Morgan fingerprint density at radius 2 is 2.22 bits per heavy atom. The fourth-order valence-electron chi connectivity index (χ4n) is 2.53. The number of hydrogen-bond donors (Lipinski definition) is 1. The molecule has 1 N–H and O–H groups in total. The van der Waals surface area contributed by atoms with Gasteiger partial charge in [-0.05, 0) is 50.6 Å². The SMILES string of the molecule is CCN(CCC(NC)c1cccc(Br)c1)C1CC1. The molecule has 0 heterocycles. The quantitative estimate of drug-likeness (QED) is 0.828. The highest BCUT2D eigenvalue weighted by atomic mass is 79.9. The minimum absolute atomic E-state index is 0.454. The van der Waals surface area contributed by atoms with Crippen molar-refractivity contribution in [2.75, 3.05) is 20.1 Å². The lowest BCUT2D eigenvalue weighted by molar-refractivity contribution is 0.261. The molecule has 0 saturated heterocycles. The smallest absolute Gasteiger partial charge is 0.0330 e. The number of nitrogens with one attached hydrogen (secondary N) is 1. The van der Waals surface area contributed by atoms with E-state index in [1.54, 1.807) is 0 Å². The average Bonchev–Trinajstić information content (AvgIpc) is 3.19. The van der Waals surface area contributed by atoms with E-state index in [9.17, 15) is 0 Å². The van der Waals surface area contributed by atoms with E-state index >= 15 is 0 Å². The van der Waals surface area contributed by atoms with Crippen LogP contribution in [0.4, 0.5) is 0 Å². The molecule has 0 aliphatic heterocycles. The Hall–Kier alpha value is -0.380. The zero-order valence-corrected chi connectivity index (χ0v) is 12.9. The molecule has 2 rings (SSSR count). The van der Waals surface area contributed by atoms with Crippen LogP contribution in [-0.2, 0) is 0 Å². The third-order valence-corrected chi connectivity index (χ3v) is 4.27. The van der Waals surface area contributed by atoms with Crippen LogP contribution in [0.15, 0.2) is 28.7 Å². The van der Waals surface area contributed by atoms with Crippen LogP contribution in [0.25, 0.3) is 0 Å². The van der Waals surface area contributed by atoms with Gasteiger partial charge in [0.25, 0.3) is 0 Å². The minimum atomic E-state index is 0.454. The molecule has 1 saturated carbocycles. The lowest BCUT2D eigenvalue weighted by atomic mass is 10.0. The van der Waals surface area contributed by atoms with Crippen molar-refractivity contribution in [1.82, 2.24) is 10.2 Å². The summed E-state index contributed by atoms with van der Waals surface area (Å²) in [7, 11) is 2.05. The van der Waals surface area contributed by atoms with Gasteiger partial charge in [0.1, 0.15) is 0 Å². The second-order valence-electron chi connectivity index (χ2n) is 5.04. The molecule has 0 bridgehead atoms. The van der Waals surface area contributed by atoms with Gasteiger partial charge in [0.05, 0.1) is 0 Å². The third-order valence-electron chi connectivity index (χ3n) is 3.77. The summed E-state index contributed by atoms with van der Waals surface area (Å²) in [6, 6.07) is 9.94. The number of halogens is 1. The molecule has 0 radical (unpaired) electrons. The first kappa shape index (κ1) is 14.0. The number of rotatable bonds is 7. The van der Waals surface area contributed by atoms with Crippen LogP contribution < -0.4 is 5.32 Å². The van der Waals surface area contributed by atoms with Crippen molar-refractivity contribution in [2.45, 2.75) is 38.3 Å². The van der Waals surface area contributed by atoms with Crippen LogP contribution in [0.1, 0.15) is 37.8 Å². The average molecular weight is 311 g/mol. The summed E-state index contributed by atoms with van der Waals surface area (Å²) >= 11 is 3.55. The van der Waals surface area contributed by atoms with Crippen molar-refractivity contribution in [3.63, 3.8) is 0 Å². The molecular weight excluding hydrogens is 288 g/mol. The Bertz CT molecular complexity index is 377. The number of hydrogen-bond acceptors (Lipinski definition) is 2. The van der Waals surface area contributed by atoms with Gasteiger partial charge in [-0.3, -0.25) is 0 Å². The monoisotopic (exact) mass is 310 g/mol. The summed E-state index contributed by atoms with van der Waals surface area (Å²) in [5, 5.41) is 3.44. The molecule has 1 aromatic rings. The molecule has 1 aromatic carbocycles. The zero-order chi connectivity index (χ0) is 13.0. The lowest BCUT2D eigenvalue weighted by Crippen LogP contribution is -2.30. The molecule has 3 heteroatoms. The Morgan fingerprint density at radius 1 is 1.44 bits per heavy atom. The van der Waals surface area contributed by atoms with E-state index in [0.29, 0.717) is 6.04 Å². The van der Waals surface area contributed by atoms with Crippen LogP contribution in [0.3, 0.4) is 0 Å². The molecule has 18 heavy (non-hydrogen) atoms. The van der Waals surface area contributed by atoms with Crippen molar-refractivity contribution < 1.29 is 0 Å². The molecule has 1 unspecified atom stereocenters. The van der Waals surface area contributed by atoms with Gasteiger partial charge in [0.15, 0.2) is 0 Å². The Balaban J connectivity index is 1.92. The molecule has 2 nitrogen and oxygen atoms in total. The molecule has 1 aliphatic carbocycles. The maximum Gasteiger partial charge on any atom is 0.0330 e. The number of nitrogens with zero attached hydrogens (tertiary/aromatic N) is 1. The third kappa shape index (κ3) is 3.81. The Kier molecular flexibility index (Phi) is 5.22. The second-order valence-corrected chi connectivity index (χ2v) is 5.96. The summed E-state index contributed by atoms with van der Waals surface area (Å²) < 4.78 is 1.16. The van der Waals surface area contributed by atoms with E-state index in [0.717, 1.165) is 10.5 Å². The van der Waals surface area contributed by atoms with Gasteiger partial charge in [0, 0.05) is 23.1 Å². The molecular formula is C15H23BrN2. The maximum atomic E-state index is 3.55. The van der Waals surface area contributed by atoms with Crippen molar-refractivity contribution in [3.05, 3.63) is 34.3 Å². The van der Waals surface area contributed by atoms with Gasteiger partial charge in [-0.2, -0.15) is 0 Å². The van der Waals surface area contributed by atoms with Crippen LogP contribution in [0.2, 0.25) is 0 Å². The van der Waals surface area contributed by atoms with E-state index < -0.39 is 0 Å². The van der Waals surface area contributed by atoms with E-state index in [4.69, 9.17) is 0 Å². The first-order valence-corrected chi connectivity index (χ1v) is 7.70. The summed E-state index contributed by atoms with van der Waals surface area (Å²) in [6.07, 6.45) is 3.97. The van der Waals surface area contributed by atoms with Gasteiger partial charge in [-0.15, -0.1) is 0 Å². The van der Waals surface area contributed by atoms with Crippen LogP contribution >= 0.6 is 15.9 Å². The van der Waals surface area contributed by atoms with Crippen molar-refractivity contribution in [2.24, 2.45) is 0 Å². The highest BCUT2D eigenvalue weighted by molar-refractivity contribution is 9.10. The topological polar surface area (TPSA) is 15.3 Å². The van der Waals surface area contributed by atoms with Crippen LogP contribution in [0.5, 0.6) is 0 Å². The minimum Gasteiger partial charge on any atom is -0.313 e. The van der Waals surface area contributed by atoms with Crippen LogP contribution in [-0.4, -0.2) is 31.1 Å². The highest BCUT2D eigenvalue weighted by Gasteiger charge is 2.27. The predicted octanol–water partition coefficient (Wildman–Crippen LogP) is 3.58. The number of benzene rings is 1. The predicted molar refractivity (Wildman–Crippen MR) is 80.8 cm³/mol. The molecule has 100 valence electrons. The fourth-order valence-corrected chi connectivity index (χ4v) is 2.95. The largest absolute Gasteiger partial charge is 0.313 e. The molecule has 0 spiro atoms. The van der Waals surface area contributed by atoms with E-state index in [1.165, 1.54) is 37.9 Å². The Labute approximate surface area is 119 Å².